The number of rotatable bonds is 6. The number of para-hydroxylation sites is 1. The molecular formula is C20H20N4O4S2. The molecule has 30 heavy (non-hydrogen) atoms. The Morgan fingerprint density at radius 2 is 1.83 bits per heavy atom. The Bertz CT molecular complexity index is 1160. The number of anilines is 2. The first-order valence-corrected chi connectivity index (χ1v) is 11.9. The summed E-state index contributed by atoms with van der Waals surface area (Å²) in [5.74, 6) is 0.763. The number of carbonyl (C=O) groups is 1. The van der Waals surface area contributed by atoms with Crippen molar-refractivity contribution < 1.29 is 18.3 Å². The second-order valence-corrected chi connectivity index (χ2v) is 9.61. The van der Waals surface area contributed by atoms with Crippen LogP contribution in [0.1, 0.15) is 10.4 Å². The first kappa shape index (κ1) is 20.3. The standard InChI is InChI=1S/C20H20N4O4S2/c25-20(26)18-12-15(6-7-19(18)23-8-10-29-11-9-23)22-30(27,28)17-13-21-24(14-17)16-4-2-1-3-5-16/h1-7,12-14,22H,8-11H2,(H,25,26). The molecule has 1 aliphatic heterocycles. The highest BCUT2D eigenvalue weighted by Crippen LogP contribution is 2.28. The van der Waals surface area contributed by atoms with Crippen LogP contribution in [0.3, 0.4) is 0 Å². The van der Waals surface area contributed by atoms with E-state index in [9.17, 15) is 18.3 Å². The second-order valence-electron chi connectivity index (χ2n) is 6.70. The molecule has 2 heterocycles. The molecule has 0 atom stereocenters. The number of carboxylic acids is 1. The van der Waals surface area contributed by atoms with Gasteiger partial charge in [-0.05, 0) is 30.3 Å². The summed E-state index contributed by atoms with van der Waals surface area (Å²) in [5.41, 5.74) is 1.59. The molecule has 0 amide bonds. The van der Waals surface area contributed by atoms with Gasteiger partial charge in [-0.2, -0.15) is 16.9 Å². The van der Waals surface area contributed by atoms with Gasteiger partial charge in [0.15, 0.2) is 0 Å². The van der Waals surface area contributed by atoms with Crippen LogP contribution in [0.4, 0.5) is 11.4 Å². The molecule has 1 fully saturated rings. The van der Waals surface area contributed by atoms with Crippen LogP contribution >= 0.6 is 11.8 Å². The summed E-state index contributed by atoms with van der Waals surface area (Å²) in [4.78, 5) is 13.8. The van der Waals surface area contributed by atoms with Crippen molar-refractivity contribution in [2.45, 2.75) is 4.90 Å². The number of aromatic nitrogens is 2. The maximum atomic E-state index is 12.8. The number of nitrogens with zero attached hydrogens (tertiary/aromatic N) is 3. The number of hydrogen-bond donors (Lipinski definition) is 2. The van der Waals surface area contributed by atoms with Crippen LogP contribution in [0.5, 0.6) is 0 Å². The Morgan fingerprint density at radius 3 is 2.53 bits per heavy atom. The Labute approximate surface area is 178 Å². The molecule has 4 rings (SSSR count). The van der Waals surface area contributed by atoms with Crippen LogP contribution in [-0.4, -0.2) is 53.9 Å². The van der Waals surface area contributed by atoms with Gasteiger partial charge in [-0.25, -0.2) is 17.9 Å². The summed E-state index contributed by atoms with van der Waals surface area (Å²) in [5, 5.41) is 13.8. The van der Waals surface area contributed by atoms with Crippen molar-refractivity contribution in [3.05, 3.63) is 66.5 Å². The van der Waals surface area contributed by atoms with Gasteiger partial charge in [0, 0.05) is 30.3 Å². The lowest BCUT2D eigenvalue weighted by Gasteiger charge is -2.29. The fourth-order valence-corrected chi connectivity index (χ4v) is 5.11. The van der Waals surface area contributed by atoms with Crippen LogP contribution in [0.15, 0.2) is 65.8 Å². The van der Waals surface area contributed by atoms with E-state index < -0.39 is 16.0 Å². The third-order valence-electron chi connectivity index (χ3n) is 4.72. The van der Waals surface area contributed by atoms with Crippen LogP contribution < -0.4 is 9.62 Å². The normalized spacial score (nSPS) is 14.5. The molecule has 0 aliphatic carbocycles. The SMILES string of the molecule is O=C(O)c1cc(NS(=O)(=O)c2cnn(-c3ccccc3)c2)ccc1N1CCSCC1. The molecule has 1 saturated heterocycles. The summed E-state index contributed by atoms with van der Waals surface area (Å²) >= 11 is 1.83. The van der Waals surface area contributed by atoms with Crippen molar-refractivity contribution >= 4 is 39.1 Å². The Kier molecular flexibility index (Phi) is 5.69. The molecule has 10 heteroatoms. The maximum absolute atomic E-state index is 12.8. The number of thioether (sulfide) groups is 1. The summed E-state index contributed by atoms with van der Waals surface area (Å²) < 4.78 is 29.5. The van der Waals surface area contributed by atoms with Gasteiger partial charge in [0.05, 0.1) is 29.3 Å². The van der Waals surface area contributed by atoms with Crippen LogP contribution in [0, 0.1) is 0 Å². The minimum Gasteiger partial charge on any atom is -0.478 e. The molecule has 0 bridgehead atoms. The molecule has 0 spiro atoms. The molecule has 2 N–H and O–H groups in total. The van der Waals surface area contributed by atoms with Gasteiger partial charge >= 0.3 is 5.97 Å². The summed E-state index contributed by atoms with van der Waals surface area (Å²) in [6.07, 6.45) is 2.67. The quantitative estimate of drug-likeness (QED) is 0.602. The zero-order valence-electron chi connectivity index (χ0n) is 15.9. The first-order chi connectivity index (χ1) is 14.4. The summed E-state index contributed by atoms with van der Waals surface area (Å²) in [6.45, 7) is 1.52. The van der Waals surface area contributed by atoms with Crippen molar-refractivity contribution in [3.8, 4) is 5.69 Å². The lowest BCUT2D eigenvalue weighted by Crippen LogP contribution is -2.33. The molecule has 156 valence electrons. The first-order valence-electron chi connectivity index (χ1n) is 9.27. The Balaban J connectivity index is 1.59. The van der Waals surface area contributed by atoms with Crippen molar-refractivity contribution in [3.63, 3.8) is 0 Å². The number of sulfonamides is 1. The number of aromatic carboxylic acids is 1. The third-order valence-corrected chi connectivity index (χ3v) is 7.00. The molecular weight excluding hydrogens is 424 g/mol. The molecule has 0 unspecified atom stereocenters. The van der Waals surface area contributed by atoms with Gasteiger partial charge in [0.2, 0.25) is 0 Å². The lowest BCUT2D eigenvalue weighted by atomic mass is 10.1. The minimum absolute atomic E-state index is 0.0136. The van der Waals surface area contributed by atoms with E-state index in [2.05, 4.69) is 9.82 Å². The molecule has 1 aliphatic rings. The Hall–Kier alpha value is -2.98. The van der Waals surface area contributed by atoms with Gasteiger partial charge in [0.1, 0.15) is 4.90 Å². The zero-order chi connectivity index (χ0) is 21.1. The molecule has 1 aromatic heterocycles. The molecule has 0 radical (unpaired) electrons. The fourth-order valence-electron chi connectivity index (χ4n) is 3.23. The van der Waals surface area contributed by atoms with E-state index in [-0.39, 0.29) is 16.1 Å². The number of hydrogen-bond acceptors (Lipinski definition) is 6. The highest BCUT2D eigenvalue weighted by Gasteiger charge is 2.22. The van der Waals surface area contributed by atoms with E-state index in [0.717, 1.165) is 30.3 Å². The maximum Gasteiger partial charge on any atom is 0.337 e. The smallest absolute Gasteiger partial charge is 0.337 e. The predicted octanol–water partition coefficient (Wildman–Crippen LogP) is 2.92. The van der Waals surface area contributed by atoms with Gasteiger partial charge in [-0.15, -0.1) is 0 Å². The number of carboxylic acid groups (broad SMARTS) is 1. The highest BCUT2D eigenvalue weighted by atomic mass is 32.2. The van der Waals surface area contributed by atoms with Gasteiger partial charge < -0.3 is 10.0 Å². The van der Waals surface area contributed by atoms with E-state index in [4.69, 9.17) is 0 Å². The fraction of sp³-hybridized carbons (Fsp3) is 0.200. The zero-order valence-corrected chi connectivity index (χ0v) is 17.6. The van der Waals surface area contributed by atoms with E-state index >= 15 is 0 Å². The van der Waals surface area contributed by atoms with Crippen molar-refractivity contribution in [1.82, 2.24) is 9.78 Å². The van der Waals surface area contributed by atoms with E-state index in [1.165, 1.54) is 23.1 Å². The van der Waals surface area contributed by atoms with Crippen LogP contribution in [-0.2, 0) is 10.0 Å². The van der Waals surface area contributed by atoms with E-state index in [0.29, 0.717) is 5.69 Å². The highest BCUT2D eigenvalue weighted by molar-refractivity contribution is 7.99. The average molecular weight is 445 g/mol. The molecule has 3 aromatic rings. The van der Waals surface area contributed by atoms with Crippen LogP contribution in [0.2, 0.25) is 0 Å². The van der Waals surface area contributed by atoms with Crippen LogP contribution in [0.25, 0.3) is 5.69 Å². The Morgan fingerprint density at radius 1 is 1.10 bits per heavy atom. The third kappa shape index (κ3) is 4.29. The number of nitrogens with one attached hydrogen (secondary N) is 1. The van der Waals surface area contributed by atoms with E-state index in [1.54, 1.807) is 12.1 Å². The predicted molar refractivity (Wildman–Crippen MR) is 117 cm³/mol. The topological polar surface area (TPSA) is 105 Å². The molecule has 8 nitrogen and oxygen atoms in total. The van der Waals surface area contributed by atoms with Gasteiger partial charge in [-0.3, -0.25) is 4.72 Å². The monoisotopic (exact) mass is 444 g/mol. The largest absolute Gasteiger partial charge is 0.478 e. The number of benzene rings is 2. The lowest BCUT2D eigenvalue weighted by molar-refractivity contribution is 0.0697. The second kappa shape index (κ2) is 8.41. The molecule has 2 aromatic carbocycles. The van der Waals surface area contributed by atoms with Crippen molar-refractivity contribution in [2.75, 3.05) is 34.2 Å². The van der Waals surface area contributed by atoms with Crippen molar-refractivity contribution in [2.24, 2.45) is 0 Å². The van der Waals surface area contributed by atoms with Crippen molar-refractivity contribution in [1.29, 1.82) is 0 Å². The molecule has 0 saturated carbocycles. The minimum atomic E-state index is -3.92. The van der Waals surface area contributed by atoms with Gasteiger partial charge in [-0.1, -0.05) is 18.2 Å². The average Bonchev–Trinajstić information content (AvgIpc) is 3.26. The summed E-state index contributed by atoms with van der Waals surface area (Å²) in [7, 11) is -3.92. The summed E-state index contributed by atoms with van der Waals surface area (Å²) in [6, 6.07) is 13.8. The van der Waals surface area contributed by atoms with E-state index in [1.807, 2.05) is 47.0 Å². The van der Waals surface area contributed by atoms with Gasteiger partial charge in [0.25, 0.3) is 10.0 Å².